The highest BCUT2D eigenvalue weighted by Crippen LogP contribution is 2.24. The van der Waals surface area contributed by atoms with Crippen LogP contribution in [-0.2, 0) is 11.3 Å². The van der Waals surface area contributed by atoms with Gasteiger partial charge in [0.1, 0.15) is 0 Å². The van der Waals surface area contributed by atoms with E-state index >= 15 is 0 Å². The molecule has 142 valence electrons. The number of nitrogens with zero attached hydrogens (tertiary/aromatic N) is 3. The van der Waals surface area contributed by atoms with E-state index in [1.54, 1.807) is 17.4 Å². The SMILES string of the molecule is CC1CN(Cc2csc(NC(=O)c3cc(-c4cccs4)[nH]n3)n2)CC(C)O1. The van der Waals surface area contributed by atoms with Crippen LogP contribution in [0.4, 0.5) is 5.13 Å². The molecule has 2 atom stereocenters. The molecule has 1 saturated heterocycles. The minimum absolute atomic E-state index is 0.226. The number of carbonyl (C=O) groups excluding carboxylic acids is 1. The van der Waals surface area contributed by atoms with E-state index in [2.05, 4.69) is 39.2 Å². The molecule has 2 unspecified atom stereocenters. The Kier molecular flexibility index (Phi) is 5.35. The number of aromatic amines is 1. The van der Waals surface area contributed by atoms with E-state index < -0.39 is 0 Å². The van der Waals surface area contributed by atoms with Crippen LogP contribution in [-0.4, -0.2) is 51.3 Å². The van der Waals surface area contributed by atoms with Crippen LogP contribution in [0.2, 0.25) is 0 Å². The van der Waals surface area contributed by atoms with Crippen LogP contribution in [0.1, 0.15) is 30.0 Å². The predicted octanol–water partition coefficient (Wildman–Crippen LogP) is 3.46. The Hall–Kier alpha value is -2.07. The number of amides is 1. The molecule has 1 aliphatic rings. The second-order valence-electron chi connectivity index (χ2n) is 6.69. The van der Waals surface area contributed by atoms with Gasteiger partial charge >= 0.3 is 0 Å². The second-order valence-corrected chi connectivity index (χ2v) is 8.50. The Bertz CT molecular complexity index is 895. The molecule has 1 fully saturated rings. The van der Waals surface area contributed by atoms with Gasteiger partial charge in [0.15, 0.2) is 10.8 Å². The van der Waals surface area contributed by atoms with Crippen LogP contribution in [0, 0.1) is 0 Å². The van der Waals surface area contributed by atoms with E-state index in [9.17, 15) is 4.79 Å². The number of anilines is 1. The van der Waals surface area contributed by atoms with E-state index in [0.717, 1.165) is 35.9 Å². The number of thiophene rings is 1. The molecule has 7 nitrogen and oxygen atoms in total. The summed E-state index contributed by atoms with van der Waals surface area (Å²) in [6, 6.07) is 5.71. The molecule has 27 heavy (non-hydrogen) atoms. The summed E-state index contributed by atoms with van der Waals surface area (Å²) in [5, 5.41) is 14.4. The summed E-state index contributed by atoms with van der Waals surface area (Å²) in [7, 11) is 0. The smallest absolute Gasteiger partial charge is 0.277 e. The normalized spacial score (nSPS) is 20.7. The molecule has 0 saturated carbocycles. The lowest BCUT2D eigenvalue weighted by atomic mass is 10.2. The first-order chi connectivity index (χ1) is 13.1. The molecule has 1 amide bonds. The van der Waals surface area contributed by atoms with Gasteiger partial charge in [-0.2, -0.15) is 5.10 Å². The van der Waals surface area contributed by atoms with Gasteiger partial charge in [-0.25, -0.2) is 4.98 Å². The summed E-state index contributed by atoms with van der Waals surface area (Å²) in [5.41, 5.74) is 2.15. The lowest BCUT2D eigenvalue weighted by molar-refractivity contribution is -0.0707. The molecule has 4 rings (SSSR count). The van der Waals surface area contributed by atoms with Crippen molar-refractivity contribution in [1.82, 2.24) is 20.1 Å². The number of hydrogen-bond acceptors (Lipinski definition) is 7. The molecule has 0 radical (unpaired) electrons. The fraction of sp³-hybridized carbons (Fsp3) is 0.389. The molecule has 0 spiro atoms. The fourth-order valence-electron chi connectivity index (χ4n) is 3.24. The number of aromatic nitrogens is 3. The van der Waals surface area contributed by atoms with Gasteiger partial charge in [-0.05, 0) is 31.4 Å². The Balaban J connectivity index is 1.37. The van der Waals surface area contributed by atoms with Crippen LogP contribution >= 0.6 is 22.7 Å². The highest BCUT2D eigenvalue weighted by Gasteiger charge is 2.23. The van der Waals surface area contributed by atoms with Crippen LogP contribution in [0.3, 0.4) is 0 Å². The number of nitrogens with one attached hydrogen (secondary N) is 2. The highest BCUT2D eigenvalue weighted by molar-refractivity contribution is 7.14. The maximum atomic E-state index is 12.4. The van der Waals surface area contributed by atoms with Crippen molar-refractivity contribution in [2.75, 3.05) is 18.4 Å². The summed E-state index contributed by atoms with van der Waals surface area (Å²) < 4.78 is 5.76. The Labute approximate surface area is 165 Å². The van der Waals surface area contributed by atoms with E-state index in [1.807, 2.05) is 22.9 Å². The molecule has 2 N–H and O–H groups in total. The van der Waals surface area contributed by atoms with Crippen molar-refractivity contribution >= 4 is 33.7 Å². The third-order valence-corrected chi connectivity index (χ3v) is 5.96. The summed E-state index contributed by atoms with van der Waals surface area (Å²) in [5.74, 6) is -0.261. The summed E-state index contributed by atoms with van der Waals surface area (Å²) in [4.78, 5) is 20.4. The monoisotopic (exact) mass is 403 g/mol. The van der Waals surface area contributed by atoms with Crippen LogP contribution in [0.5, 0.6) is 0 Å². The topological polar surface area (TPSA) is 83.1 Å². The Morgan fingerprint density at radius 3 is 2.93 bits per heavy atom. The number of rotatable bonds is 5. The molecule has 1 aliphatic heterocycles. The molecule has 9 heteroatoms. The quantitative estimate of drug-likeness (QED) is 0.682. The standard InChI is InChI=1S/C18H21N5O2S2/c1-11-7-23(8-12(2)25-11)9-13-10-27-18(19-13)20-17(24)15-6-14(21-22-15)16-4-3-5-26-16/h3-6,10-12H,7-9H2,1-2H3,(H,21,22)(H,19,20,24). The third kappa shape index (κ3) is 4.44. The zero-order chi connectivity index (χ0) is 18.8. The number of H-pyrrole nitrogens is 1. The zero-order valence-corrected chi connectivity index (χ0v) is 16.8. The average molecular weight is 404 g/mol. The minimum Gasteiger partial charge on any atom is -0.373 e. The summed E-state index contributed by atoms with van der Waals surface area (Å²) >= 11 is 3.03. The number of ether oxygens (including phenoxy) is 1. The van der Waals surface area contributed by atoms with Crippen molar-refractivity contribution in [1.29, 1.82) is 0 Å². The second kappa shape index (κ2) is 7.89. The van der Waals surface area contributed by atoms with Gasteiger partial charge in [0, 0.05) is 25.0 Å². The Morgan fingerprint density at radius 2 is 2.19 bits per heavy atom. The van der Waals surface area contributed by atoms with Crippen molar-refractivity contribution in [3.05, 3.63) is 40.3 Å². The van der Waals surface area contributed by atoms with Gasteiger partial charge in [-0.1, -0.05) is 6.07 Å². The number of carbonyl (C=O) groups is 1. The van der Waals surface area contributed by atoms with Crippen molar-refractivity contribution in [3.8, 4) is 10.6 Å². The van der Waals surface area contributed by atoms with Gasteiger partial charge in [-0.15, -0.1) is 22.7 Å². The van der Waals surface area contributed by atoms with Gasteiger partial charge < -0.3 is 4.74 Å². The van der Waals surface area contributed by atoms with Crippen LogP contribution in [0.15, 0.2) is 29.0 Å². The fourth-order valence-corrected chi connectivity index (χ4v) is 4.63. The average Bonchev–Trinajstić information content (AvgIpc) is 3.35. The van der Waals surface area contributed by atoms with Gasteiger partial charge in [0.2, 0.25) is 0 Å². The molecule has 3 aromatic heterocycles. The summed E-state index contributed by atoms with van der Waals surface area (Å²) in [6.07, 6.45) is 0.451. The molecule has 0 aliphatic carbocycles. The van der Waals surface area contributed by atoms with Crippen LogP contribution in [0.25, 0.3) is 10.6 Å². The lowest BCUT2D eigenvalue weighted by Gasteiger charge is -2.34. The number of thiazole rings is 1. The van der Waals surface area contributed by atoms with Crippen molar-refractivity contribution in [2.45, 2.75) is 32.6 Å². The van der Waals surface area contributed by atoms with Crippen molar-refractivity contribution < 1.29 is 9.53 Å². The first kappa shape index (κ1) is 18.3. The molecule has 0 aromatic carbocycles. The number of morpholine rings is 1. The molecular formula is C18H21N5O2S2. The largest absolute Gasteiger partial charge is 0.373 e. The predicted molar refractivity (Wildman–Crippen MR) is 107 cm³/mol. The van der Waals surface area contributed by atoms with Gasteiger partial charge in [0.25, 0.3) is 5.91 Å². The van der Waals surface area contributed by atoms with Crippen molar-refractivity contribution in [2.24, 2.45) is 0 Å². The van der Waals surface area contributed by atoms with E-state index in [1.165, 1.54) is 11.3 Å². The zero-order valence-electron chi connectivity index (χ0n) is 15.1. The Morgan fingerprint density at radius 1 is 1.37 bits per heavy atom. The minimum atomic E-state index is -0.261. The van der Waals surface area contributed by atoms with Crippen LogP contribution < -0.4 is 5.32 Å². The maximum Gasteiger partial charge on any atom is 0.277 e. The van der Waals surface area contributed by atoms with E-state index in [0.29, 0.717) is 10.8 Å². The number of hydrogen-bond donors (Lipinski definition) is 2. The summed E-state index contributed by atoms with van der Waals surface area (Å²) in [6.45, 7) is 6.72. The van der Waals surface area contributed by atoms with E-state index in [-0.39, 0.29) is 18.1 Å². The molecule has 4 heterocycles. The molecule has 0 bridgehead atoms. The van der Waals surface area contributed by atoms with Gasteiger partial charge in [0.05, 0.1) is 28.5 Å². The third-order valence-electron chi connectivity index (χ3n) is 4.25. The van der Waals surface area contributed by atoms with E-state index in [4.69, 9.17) is 4.74 Å². The first-order valence-corrected chi connectivity index (χ1v) is 10.6. The van der Waals surface area contributed by atoms with Gasteiger partial charge in [-0.3, -0.25) is 20.1 Å². The highest BCUT2D eigenvalue weighted by atomic mass is 32.1. The molecular weight excluding hydrogens is 382 g/mol. The maximum absolute atomic E-state index is 12.4. The van der Waals surface area contributed by atoms with Crippen molar-refractivity contribution in [3.63, 3.8) is 0 Å². The lowest BCUT2D eigenvalue weighted by Crippen LogP contribution is -2.44. The first-order valence-electron chi connectivity index (χ1n) is 8.79. The molecule has 3 aromatic rings.